The molecule has 0 aliphatic carbocycles. The standard InChI is InChI=1S/C21H19ClFN5O/c1-13-20-25-26-21(19-15(22)3-2-4-16(19)23)28(20)18-11-14(5-6-17(18)24-13)12-27-7-9-29-10-8-27/h2-6,11H,7-10,12H2,1H3/i23-1. The van der Waals surface area contributed by atoms with Crippen molar-refractivity contribution in [3.63, 3.8) is 0 Å². The highest BCUT2D eigenvalue weighted by Crippen LogP contribution is 2.32. The Morgan fingerprint density at radius 3 is 2.76 bits per heavy atom. The zero-order chi connectivity index (χ0) is 20.0. The number of rotatable bonds is 3. The molecule has 0 N–H and O–H groups in total. The summed E-state index contributed by atoms with van der Waals surface area (Å²) in [5.41, 5.74) is 4.34. The Labute approximate surface area is 171 Å². The van der Waals surface area contributed by atoms with Gasteiger partial charge in [-0.05, 0) is 36.8 Å². The number of morpholine rings is 1. The Balaban J connectivity index is 1.71. The summed E-state index contributed by atoms with van der Waals surface area (Å²) in [5, 5.41) is 8.83. The molecule has 6 nitrogen and oxygen atoms in total. The molecule has 1 fully saturated rings. The third-order valence-electron chi connectivity index (χ3n) is 5.25. The van der Waals surface area contributed by atoms with Crippen LogP contribution in [0.4, 0.5) is 4.39 Å². The van der Waals surface area contributed by atoms with Crippen molar-refractivity contribution in [2.45, 2.75) is 13.5 Å². The first kappa shape index (κ1) is 18.4. The molecule has 0 radical (unpaired) electrons. The van der Waals surface area contributed by atoms with E-state index in [-0.39, 0.29) is 5.56 Å². The maximum absolute atomic E-state index is 14.6. The fourth-order valence-electron chi connectivity index (χ4n) is 3.81. The molecule has 4 aromatic rings. The van der Waals surface area contributed by atoms with Crippen LogP contribution in [0.5, 0.6) is 0 Å². The van der Waals surface area contributed by atoms with Gasteiger partial charge in [0.1, 0.15) is 5.82 Å². The van der Waals surface area contributed by atoms with Gasteiger partial charge in [-0.3, -0.25) is 9.30 Å². The Morgan fingerprint density at radius 1 is 1.14 bits per heavy atom. The Hall–Kier alpha value is -2.61. The van der Waals surface area contributed by atoms with Gasteiger partial charge in [-0.15, -0.1) is 10.2 Å². The first-order chi connectivity index (χ1) is 14.1. The molecule has 0 amide bonds. The van der Waals surface area contributed by atoms with Gasteiger partial charge in [-0.2, -0.15) is 0 Å². The van der Waals surface area contributed by atoms with Crippen molar-refractivity contribution >= 4 is 28.3 Å². The van der Waals surface area contributed by atoms with Gasteiger partial charge in [-0.1, -0.05) is 23.7 Å². The van der Waals surface area contributed by atoms with Crippen LogP contribution in [-0.4, -0.2) is 50.8 Å². The van der Waals surface area contributed by atoms with Gasteiger partial charge >= 0.3 is 0 Å². The van der Waals surface area contributed by atoms with E-state index in [9.17, 15) is 4.39 Å². The molecule has 3 heterocycles. The Bertz CT molecular complexity index is 1200. The fraction of sp³-hybridized carbons (Fsp3) is 0.286. The van der Waals surface area contributed by atoms with Crippen LogP contribution in [-0.2, 0) is 11.3 Å². The number of benzene rings is 2. The second-order valence-electron chi connectivity index (χ2n) is 7.19. The van der Waals surface area contributed by atoms with E-state index in [0.29, 0.717) is 16.5 Å². The molecular formula is C21H19ClFN5O. The molecule has 2 aromatic carbocycles. The molecule has 5 rings (SSSR count). The van der Waals surface area contributed by atoms with Gasteiger partial charge in [0.15, 0.2) is 11.5 Å². The number of hydrogen-bond donors (Lipinski definition) is 0. The fourth-order valence-corrected chi connectivity index (χ4v) is 4.06. The summed E-state index contributed by atoms with van der Waals surface area (Å²) in [6.45, 7) is 5.99. The topological polar surface area (TPSA) is 55.6 Å². The molecule has 1 aliphatic heterocycles. The van der Waals surface area contributed by atoms with E-state index in [1.54, 1.807) is 12.1 Å². The van der Waals surface area contributed by atoms with Gasteiger partial charge in [0, 0.05) is 19.6 Å². The lowest BCUT2D eigenvalue weighted by Gasteiger charge is -2.26. The molecule has 8 heteroatoms. The minimum Gasteiger partial charge on any atom is -0.379 e. The minimum atomic E-state index is -0.432. The second-order valence-corrected chi connectivity index (χ2v) is 7.60. The molecule has 148 valence electrons. The quantitative estimate of drug-likeness (QED) is 0.513. The first-order valence-electron chi connectivity index (χ1n) is 9.50. The lowest BCUT2D eigenvalue weighted by molar-refractivity contribution is 0.0342. The minimum absolute atomic E-state index is 0.243. The number of halogens is 2. The van der Waals surface area contributed by atoms with Crippen molar-refractivity contribution in [1.29, 1.82) is 0 Å². The van der Waals surface area contributed by atoms with Crippen molar-refractivity contribution in [3.05, 3.63) is 58.5 Å². The number of aromatic nitrogens is 4. The molecule has 0 atom stereocenters. The summed E-state index contributed by atoms with van der Waals surface area (Å²) in [6.07, 6.45) is 0. The third-order valence-corrected chi connectivity index (χ3v) is 5.57. The molecule has 29 heavy (non-hydrogen) atoms. The van der Waals surface area contributed by atoms with Gasteiger partial charge in [0.25, 0.3) is 0 Å². The van der Waals surface area contributed by atoms with Crippen LogP contribution in [0.1, 0.15) is 11.3 Å². The molecule has 1 aliphatic rings. The number of ether oxygens (including phenoxy) is 1. The largest absolute Gasteiger partial charge is 0.379 e. The highest BCUT2D eigenvalue weighted by atomic mass is 35.5. The number of hydrogen-bond acceptors (Lipinski definition) is 5. The van der Waals surface area contributed by atoms with Gasteiger partial charge in [0.2, 0.25) is 0 Å². The zero-order valence-corrected chi connectivity index (χ0v) is 16.7. The van der Waals surface area contributed by atoms with Crippen LogP contribution in [0.3, 0.4) is 0 Å². The summed E-state index contributed by atoms with van der Waals surface area (Å²) in [7, 11) is 0. The summed E-state index contributed by atoms with van der Waals surface area (Å²) in [6, 6.07) is 10.8. The molecule has 1 saturated heterocycles. The molecule has 0 spiro atoms. The zero-order valence-electron chi connectivity index (χ0n) is 15.9. The summed E-state index contributed by atoms with van der Waals surface area (Å²) in [4.78, 5) is 7.01. The van der Waals surface area contributed by atoms with Crippen molar-refractivity contribution in [1.82, 2.24) is 24.5 Å². The van der Waals surface area contributed by atoms with Gasteiger partial charge in [-0.25, -0.2) is 9.37 Å². The maximum atomic E-state index is 14.6. The Kier molecular flexibility index (Phi) is 4.66. The lowest BCUT2D eigenvalue weighted by Crippen LogP contribution is -2.35. The van der Waals surface area contributed by atoms with Crippen LogP contribution in [0, 0.1) is 12.7 Å². The summed E-state index contributed by atoms with van der Waals surface area (Å²) < 4.78 is 21.9. The van der Waals surface area contributed by atoms with E-state index < -0.39 is 5.82 Å². The van der Waals surface area contributed by atoms with Crippen molar-refractivity contribution < 1.29 is 9.13 Å². The van der Waals surface area contributed by atoms with Gasteiger partial charge in [0.05, 0.1) is 40.5 Å². The third kappa shape index (κ3) is 3.25. The van der Waals surface area contributed by atoms with E-state index in [1.165, 1.54) is 6.07 Å². The summed E-state index contributed by atoms with van der Waals surface area (Å²) in [5.74, 6) is -0.0546. The molecule has 0 unspecified atom stereocenters. The molecule has 0 saturated carbocycles. The lowest BCUT2D eigenvalue weighted by atomic mass is 10.1. The van der Waals surface area contributed by atoms with E-state index >= 15 is 0 Å². The number of aryl methyl sites for hydroxylation is 1. The monoisotopic (exact) mass is 410 g/mol. The van der Waals surface area contributed by atoms with E-state index in [0.717, 1.165) is 55.1 Å². The maximum Gasteiger partial charge on any atom is 0.183 e. The first-order valence-corrected chi connectivity index (χ1v) is 9.88. The molecule has 0 bridgehead atoms. The van der Waals surface area contributed by atoms with Crippen LogP contribution >= 0.6 is 11.6 Å². The smallest absolute Gasteiger partial charge is 0.183 e. The number of fused-ring (bicyclic) bond motifs is 3. The average molecular weight is 411 g/mol. The molecular weight excluding hydrogens is 392 g/mol. The predicted molar refractivity (Wildman–Crippen MR) is 110 cm³/mol. The van der Waals surface area contributed by atoms with Crippen LogP contribution in [0.15, 0.2) is 36.4 Å². The van der Waals surface area contributed by atoms with E-state index in [2.05, 4.69) is 32.2 Å². The second kappa shape index (κ2) is 7.33. The van der Waals surface area contributed by atoms with Crippen molar-refractivity contribution in [2.75, 3.05) is 26.3 Å². The van der Waals surface area contributed by atoms with Crippen LogP contribution in [0.25, 0.3) is 28.1 Å². The van der Waals surface area contributed by atoms with Crippen molar-refractivity contribution in [3.8, 4) is 11.4 Å². The Morgan fingerprint density at radius 2 is 1.97 bits per heavy atom. The number of nitrogens with zero attached hydrogens (tertiary/aromatic N) is 5. The summed E-state index contributed by atoms with van der Waals surface area (Å²) >= 11 is 6.32. The van der Waals surface area contributed by atoms with Crippen LogP contribution < -0.4 is 0 Å². The highest BCUT2D eigenvalue weighted by Gasteiger charge is 2.20. The highest BCUT2D eigenvalue weighted by molar-refractivity contribution is 6.33. The predicted octanol–water partition coefficient (Wildman–Crippen LogP) is 3.88. The van der Waals surface area contributed by atoms with Gasteiger partial charge < -0.3 is 4.74 Å². The van der Waals surface area contributed by atoms with E-state index in [4.69, 9.17) is 16.3 Å². The van der Waals surface area contributed by atoms with E-state index in [1.807, 2.05) is 17.4 Å². The van der Waals surface area contributed by atoms with Crippen LogP contribution in [0.2, 0.25) is 5.02 Å². The normalized spacial score (nSPS) is 15.4. The van der Waals surface area contributed by atoms with Crippen molar-refractivity contribution in [2.24, 2.45) is 0 Å². The molecule has 2 aromatic heterocycles. The average Bonchev–Trinajstić information content (AvgIpc) is 3.15. The SMILES string of the molecule is Cc1nc2ccc(CN3CCOCC3)cc2n2c(-c3c([18F])cccc3Cl)nnc12.